The van der Waals surface area contributed by atoms with Gasteiger partial charge in [-0.05, 0) is 30.6 Å². The van der Waals surface area contributed by atoms with Crippen LogP contribution in [0.4, 0.5) is 0 Å². The molecule has 0 fully saturated rings. The average molecular weight is 182 g/mol. The van der Waals surface area contributed by atoms with Gasteiger partial charge in [-0.15, -0.1) is 0 Å². The monoisotopic (exact) mass is 182 g/mol. The highest BCUT2D eigenvalue weighted by Crippen LogP contribution is 2.13. The molecule has 0 aromatic rings. The van der Waals surface area contributed by atoms with Crippen LogP contribution in [0, 0.1) is 17.8 Å². The SMILES string of the molecule is CCC(C)CCC=CC(C)C(C)C. The fourth-order valence-electron chi connectivity index (χ4n) is 1.12. The van der Waals surface area contributed by atoms with E-state index in [1.807, 2.05) is 0 Å². The van der Waals surface area contributed by atoms with Crippen LogP contribution in [-0.2, 0) is 0 Å². The second-order valence-electron chi connectivity index (χ2n) is 4.62. The summed E-state index contributed by atoms with van der Waals surface area (Å²) >= 11 is 0. The number of allylic oxidation sites excluding steroid dienone is 2. The summed E-state index contributed by atoms with van der Waals surface area (Å²) in [7, 11) is 0. The molecule has 2 atom stereocenters. The van der Waals surface area contributed by atoms with Crippen LogP contribution < -0.4 is 0 Å². The van der Waals surface area contributed by atoms with Crippen molar-refractivity contribution in [3.8, 4) is 0 Å². The lowest BCUT2D eigenvalue weighted by atomic mass is 9.96. The van der Waals surface area contributed by atoms with E-state index in [0.717, 1.165) is 17.8 Å². The maximum atomic E-state index is 2.37. The highest BCUT2D eigenvalue weighted by Gasteiger charge is 2.01. The van der Waals surface area contributed by atoms with Crippen LogP contribution in [0.1, 0.15) is 53.9 Å². The van der Waals surface area contributed by atoms with E-state index in [0.29, 0.717) is 0 Å². The molecule has 0 aliphatic heterocycles. The molecule has 78 valence electrons. The third-order valence-electron chi connectivity index (χ3n) is 3.01. The molecule has 0 heterocycles. The molecule has 2 unspecified atom stereocenters. The van der Waals surface area contributed by atoms with Crippen molar-refractivity contribution < 1.29 is 0 Å². The first-order valence-corrected chi connectivity index (χ1v) is 5.74. The number of rotatable bonds is 6. The normalized spacial score (nSPS) is 16.8. The molecule has 0 aromatic heterocycles. The van der Waals surface area contributed by atoms with E-state index in [-0.39, 0.29) is 0 Å². The Morgan fingerprint density at radius 2 is 1.69 bits per heavy atom. The van der Waals surface area contributed by atoms with Gasteiger partial charge in [-0.3, -0.25) is 0 Å². The molecule has 0 rings (SSSR count). The minimum atomic E-state index is 0.733. The van der Waals surface area contributed by atoms with E-state index in [9.17, 15) is 0 Å². The molecule has 0 bridgehead atoms. The highest BCUT2D eigenvalue weighted by molar-refractivity contribution is 4.87. The summed E-state index contributed by atoms with van der Waals surface area (Å²) in [4.78, 5) is 0. The summed E-state index contributed by atoms with van der Waals surface area (Å²) in [6.07, 6.45) is 8.64. The third-order valence-corrected chi connectivity index (χ3v) is 3.01. The molecule has 0 amide bonds. The van der Waals surface area contributed by atoms with Gasteiger partial charge in [0, 0.05) is 0 Å². The van der Waals surface area contributed by atoms with Crippen LogP contribution >= 0.6 is 0 Å². The lowest BCUT2D eigenvalue weighted by Gasteiger charge is -2.10. The molecule has 0 aliphatic rings. The van der Waals surface area contributed by atoms with Gasteiger partial charge in [0.1, 0.15) is 0 Å². The van der Waals surface area contributed by atoms with Gasteiger partial charge in [0.05, 0.1) is 0 Å². The number of hydrogen-bond donors (Lipinski definition) is 0. The Labute approximate surface area is 84.4 Å². The second kappa shape index (κ2) is 7.17. The first-order chi connectivity index (χ1) is 6.07. The summed E-state index contributed by atoms with van der Waals surface area (Å²) in [5.74, 6) is 2.40. The summed E-state index contributed by atoms with van der Waals surface area (Å²) < 4.78 is 0. The molecule has 13 heavy (non-hydrogen) atoms. The Morgan fingerprint density at radius 3 is 2.15 bits per heavy atom. The van der Waals surface area contributed by atoms with Crippen LogP contribution in [0.3, 0.4) is 0 Å². The Balaban J connectivity index is 3.51. The summed E-state index contributed by atoms with van der Waals surface area (Å²) in [5.41, 5.74) is 0. The molecular formula is C13H26. The van der Waals surface area contributed by atoms with Crippen molar-refractivity contribution in [3.63, 3.8) is 0 Å². The van der Waals surface area contributed by atoms with E-state index < -0.39 is 0 Å². The zero-order chi connectivity index (χ0) is 10.3. The van der Waals surface area contributed by atoms with Gasteiger partial charge in [0.15, 0.2) is 0 Å². The molecule has 0 radical (unpaired) electrons. The van der Waals surface area contributed by atoms with Gasteiger partial charge in [0.2, 0.25) is 0 Å². The summed E-state index contributed by atoms with van der Waals surface area (Å²) in [6, 6.07) is 0. The molecule has 0 aromatic carbocycles. The Hall–Kier alpha value is -0.260. The van der Waals surface area contributed by atoms with Gasteiger partial charge in [-0.25, -0.2) is 0 Å². The molecular weight excluding hydrogens is 156 g/mol. The fraction of sp³-hybridized carbons (Fsp3) is 0.846. The standard InChI is InChI=1S/C13H26/c1-6-12(4)9-7-8-10-13(5)11(2)3/h8,10-13H,6-7,9H2,1-5H3. The Bertz CT molecular complexity index is 133. The van der Waals surface area contributed by atoms with Crippen LogP contribution in [-0.4, -0.2) is 0 Å². The van der Waals surface area contributed by atoms with Crippen molar-refractivity contribution in [2.24, 2.45) is 17.8 Å². The van der Waals surface area contributed by atoms with Gasteiger partial charge in [-0.2, -0.15) is 0 Å². The molecule has 0 N–H and O–H groups in total. The van der Waals surface area contributed by atoms with E-state index in [1.54, 1.807) is 0 Å². The average Bonchev–Trinajstić information content (AvgIpc) is 2.11. The maximum absolute atomic E-state index is 2.37. The van der Waals surface area contributed by atoms with Crippen LogP contribution in [0.5, 0.6) is 0 Å². The summed E-state index contributed by atoms with van der Waals surface area (Å²) in [6.45, 7) is 11.5. The minimum Gasteiger partial charge on any atom is -0.0883 e. The second-order valence-corrected chi connectivity index (χ2v) is 4.62. The van der Waals surface area contributed by atoms with Gasteiger partial charge < -0.3 is 0 Å². The molecule has 0 saturated carbocycles. The van der Waals surface area contributed by atoms with Gasteiger partial charge >= 0.3 is 0 Å². The van der Waals surface area contributed by atoms with Crippen molar-refractivity contribution >= 4 is 0 Å². The molecule has 0 spiro atoms. The predicted molar refractivity (Wildman–Crippen MR) is 61.8 cm³/mol. The number of hydrogen-bond acceptors (Lipinski definition) is 0. The Kier molecular flexibility index (Phi) is 7.03. The molecule has 0 aliphatic carbocycles. The molecule has 0 saturated heterocycles. The quantitative estimate of drug-likeness (QED) is 0.524. The van der Waals surface area contributed by atoms with Crippen molar-refractivity contribution in [2.75, 3.05) is 0 Å². The van der Waals surface area contributed by atoms with E-state index in [1.165, 1.54) is 19.3 Å². The highest BCUT2D eigenvalue weighted by atomic mass is 14.1. The molecule has 0 heteroatoms. The van der Waals surface area contributed by atoms with Gasteiger partial charge in [-0.1, -0.05) is 53.2 Å². The van der Waals surface area contributed by atoms with Crippen LogP contribution in [0.25, 0.3) is 0 Å². The minimum absolute atomic E-state index is 0.733. The first-order valence-electron chi connectivity index (χ1n) is 5.74. The van der Waals surface area contributed by atoms with Gasteiger partial charge in [0.25, 0.3) is 0 Å². The van der Waals surface area contributed by atoms with Crippen molar-refractivity contribution in [3.05, 3.63) is 12.2 Å². The van der Waals surface area contributed by atoms with Crippen LogP contribution in [0.2, 0.25) is 0 Å². The zero-order valence-corrected chi connectivity index (χ0v) is 10.0. The topological polar surface area (TPSA) is 0 Å². The van der Waals surface area contributed by atoms with Crippen molar-refractivity contribution in [1.29, 1.82) is 0 Å². The molecule has 0 nitrogen and oxygen atoms in total. The van der Waals surface area contributed by atoms with E-state index >= 15 is 0 Å². The first kappa shape index (κ1) is 12.7. The van der Waals surface area contributed by atoms with Crippen molar-refractivity contribution in [2.45, 2.75) is 53.9 Å². The predicted octanol–water partition coefficient (Wildman–Crippen LogP) is 4.66. The van der Waals surface area contributed by atoms with Crippen molar-refractivity contribution in [1.82, 2.24) is 0 Å². The summed E-state index contributed by atoms with van der Waals surface area (Å²) in [5, 5.41) is 0. The fourth-order valence-corrected chi connectivity index (χ4v) is 1.12. The smallest absolute Gasteiger partial charge is 0.0239 e. The maximum Gasteiger partial charge on any atom is -0.0239 e. The lowest BCUT2D eigenvalue weighted by molar-refractivity contribution is 0.497. The van der Waals surface area contributed by atoms with E-state index in [2.05, 4.69) is 46.8 Å². The Morgan fingerprint density at radius 1 is 1.08 bits per heavy atom. The largest absolute Gasteiger partial charge is 0.0883 e. The van der Waals surface area contributed by atoms with Crippen LogP contribution in [0.15, 0.2) is 12.2 Å². The third kappa shape index (κ3) is 6.86. The zero-order valence-electron chi connectivity index (χ0n) is 10.0. The lowest BCUT2D eigenvalue weighted by Crippen LogP contribution is -1.99. The van der Waals surface area contributed by atoms with E-state index in [4.69, 9.17) is 0 Å².